The highest BCUT2D eigenvalue weighted by molar-refractivity contribution is 5.97. The summed E-state index contributed by atoms with van der Waals surface area (Å²) in [5, 5.41) is 5.18. The standard InChI is InChI=1S/C16H21N5/c1-11-9-14(21-15(19-11)17-10-18-21)20-13-7-5-12(6-8-13)16(2,3)4/h5-10,15,19H,1-4H3,(H,17,18). The molecule has 1 unspecified atom stereocenters. The number of allylic oxidation sites excluding steroid dienone is 1. The Bertz CT molecular complexity index is 619. The monoisotopic (exact) mass is 283 g/mol. The molecule has 5 heteroatoms. The molecule has 2 aliphatic rings. The van der Waals surface area contributed by atoms with E-state index in [1.807, 2.05) is 18.0 Å². The Morgan fingerprint density at radius 3 is 2.57 bits per heavy atom. The highest BCUT2D eigenvalue weighted by Gasteiger charge is 2.27. The number of hydrazine groups is 1. The minimum Gasteiger partial charge on any atom is -0.349 e. The fourth-order valence-electron chi connectivity index (χ4n) is 2.36. The second-order valence-corrected chi connectivity index (χ2v) is 6.39. The summed E-state index contributed by atoms with van der Waals surface area (Å²) in [6.45, 7) is 8.65. The third-order valence-corrected chi connectivity index (χ3v) is 3.58. The van der Waals surface area contributed by atoms with Gasteiger partial charge in [-0.25, -0.2) is 15.0 Å². The van der Waals surface area contributed by atoms with Crippen LogP contribution in [0.25, 0.3) is 0 Å². The molecule has 110 valence electrons. The third kappa shape index (κ3) is 2.77. The van der Waals surface area contributed by atoms with E-state index in [1.165, 1.54) is 5.56 Å². The summed E-state index contributed by atoms with van der Waals surface area (Å²) in [5.41, 5.74) is 6.56. The third-order valence-electron chi connectivity index (χ3n) is 3.58. The predicted octanol–water partition coefficient (Wildman–Crippen LogP) is 2.65. The molecular formula is C16H21N5. The van der Waals surface area contributed by atoms with Gasteiger partial charge in [0.25, 0.3) is 0 Å². The van der Waals surface area contributed by atoms with Crippen molar-refractivity contribution in [1.82, 2.24) is 15.8 Å². The highest BCUT2D eigenvalue weighted by atomic mass is 15.7. The van der Waals surface area contributed by atoms with Crippen molar-refractivity contribution in [2.45, 2.75) is 39.4 Å². The Morgan fingerprint density at radius 2 is 1.90 bits per heavy atom. The Morgan fingerprint density at radius 1 is 1.19 bits per heavy atom. The topological polar surface area (TPSA) is 52.0 Å². The maximum absolute atomic E-state index is 4.72. The Labute approximate surface area is 125 Å². The minimum atomic E-state index is -0.109. The summed E-state index contributed by atoms with van der Waals surface area (Å²) in [6.07, 6.45) is 3.58. The number of nitrogens with one attached hydrogen (secondary N) is 2. The van der Waals surface area contributed by atoms with Crippen LogP contribution in [0.3, 0.4) is 0 Å². The van der Waals surface area contributed by atoms with Crippen LogP contribution in [0.5, 0.6) is 0 Å². The molecule has 0 saturated heterocycles. The summed E-state index contributed by atoms with van der Waals surface area (Å²) < 4.78 is 0. The van der Waals surface area contributed by atoms with Gasteiger partial charge in [-0.3, -0.25) is 5.43 Å². The van der Waals surface area contributed by atoms with Crippen molar-refractivity contribution in [2.24, 2.45) is 9.98 Å². The predicted molar refractivity (Wildman–Crippen MR) is 86.4 cm³/mol. The number of fused-ring (bicyclic) bond motifs is 1. The van der Waals surface area contributed by atoms with E-state index in [4.69, 9.17) is 4.99 Å². The second kappa shape index (κ2) is 4.91. The molecule has 0 saturated carbocycles. The average Bonchev–Trinajstić information content (AvgIpc) is 2.86. The van der Waals surface area contributed by atoms with Crippen LogP contribution in [0, 0.1) is 0 Å². The average molecular weight is 283 g/mol. The second-order valence-electron chi connectivity index (χ2n) is 6.39. The van der Waals surface area contributed by atoms with Gasteiger partial charge in [-0.05, 0) is 30.0 Å². The quantitative estimate of drug-likeness (QED) is 0.833. The van der Waals surface area contributed by atoms with Crippen LogP contribution in [-0.4, -0.2) is 23.5 Å². The van der Waals surface area contributed by atoms with Crippen molar-refractivity contribution in [3.05, 3.63) is 41.6 Å². The largest absolute Gasteiger partial charge is 0.349 e. The zero-order valence-corrected chi connectivity index (χ0v) is 12.9. The molecule has 1 aromatic carbocycles. The molecule has 3 rings (SSSR count). The summed E-state index contributed by atoms with van der Waals surface area (Å²) in [6, 6.07) is 8.40. The molecular weight excluding hydrogens is 262 g/mol. The fourth-order valence-corrected chi connectivity index (χ4v) is 2.36. The van der Waals surface area contributed by atoms with Gasteiger partial charge >= 0.3 is 0 Å². The van der Waals surface area contributed by atoms with Gasteiger partial charge in [0.2, 0.25) is 6.29 Å². The lowest BCUT2D eigenvalue weighted by atomic mass is 9.87. The molecule has 0 amide bonds. The van der Waals surface area contributed by atoms with Crippen LogP contribution in [0.2, 0.25) is 0 Å². The van der Waals surface area contributed by atoms with E-state index in [-0.39, 0.29) is 11.7 Å². The van der Waals surface area contributed by atoms with Gasteiger partial charge in [0.15, 0.2) is 5.84 Å². The van der Waals surface area contributed by atoms with E-state index in [1.54, 1.807) is 6.34 Å². The molecule has 2 heterocycles. The highest BCUT2D eigenvalue weighted by Crippen LogP contribution is 2.25. The SMILES string of the molecule is CC1=CC(=Nc2ccc(C(C)(C)C)cc2)N2NC=NC2N1. The molecule has 0 aliphatic carbocycles. The van der Waals surface area contributed by atoms with Crippen molar-refractivity contribution in [3.8, 4) is 0 Å². The molecule has 0 spiro atoms. The van der Waals surface area contributed by atoms with Gasteiger partial charge in [-0.15, -0.1) is 0 Å². The maximum Gasteiger partial charge on any atom is 0.217 e. The first kappa shape index (κ1) is 13.7. The summed E-state index contributed by atoms with van der Waals surface area (Å²) in [7, 11) is 0. The zero-order valence-electron chi connectivity index (χ0n) is 12.9. The molecule has 0 radical (unpaired) electrons. The van der Waals surface area contributed by atoms with Gasteiger partial charge in [0.05, 0.1) is 5.69 Å². The Kier molecular flexibility index (Phi) is 3.20. The summed E-state index contributed by atoms with van der Waals surface area (Å²) in [4.78, 5) is 9.02. The van der Waals surface area contributed by atoms with E-state index in [9.17, 15) is 0 Å². The first-order chi connectivity index (χ1) is 9.93. The molecule has 5 nitrogen and oxygen atoms in total. The van der Waals surface area contributed by atoms with E-state index in [0.29, 0.717) is 0 Å². The van der Waals surface area contributed by atoms with E-state index in [0.717, 1.165) is 17.2 Å². The van der Waals surface area contributed by atoms with Crippen LogP contribution >= 0.6 is 0 Å². The number of amidine groups is 1. The Balaban J connectivity index is 1.89. The lowest BCUT2D eigenvalue weighted by Crippen LogP contribution is -2.51. The van der Waals surface area contributed by atoms with Gasteiger partial charge in [-0.2, -0.15) is 0 Å². The lowest BCUT2D eigenvalue weighted by molar-refractivity contribution is 0.278. The number of nitrogens with zero attached hydrogens (tertiary/aromatic N) is 3. The number of hydrogen-bond acceptors (Lipinski definition) is 4. The first-order valence-corrected chi connectivity index (χ1v) is 7.15. The van der Waals surface area contributed by atoms with Crippen molar-refractivity contribution in [3.63, 3.8) is 0 Å². The molecule has 1 atom stereocenters. The molecule has 1 aromatic rings. The van der Waals surface area contributed by atoms with Crippen molar-refractivity contribution in [2.75, 3.05) is 0 Å². The van der Waals surface area contributed by atoms with Crippen LogP contribution in [0.15, 0.2) is 46.0 Å². The van der Waals surface area contributed by atoms with Gasteiger partial charge in [0.1, 0.15) is 6.34 Å². The zero-order chi connectivity index (χ0) is 15.0. The maximum atomic E-state index is 4.72. The Hall–Kier alpha value is -2.30. The molecule has 2 N–H and O–H groups in total. The molecule has 2 aliphatic heterocycles. The van der Waals surface area contributed by atoms with E-state index in [2.05, 4.69) is 60.8 Å². The first-order valence-electron chi connectivity index (χ1n) is 7.15. The number of benzene rings is 1. The molecule has 0 fully saturated rings. The summed E-state index contributed by atoms with van der Waals surface area (Å²) in [5.74, 6) is 0.859. The van der Waals surface area contributed by atoms with Crippen molar-refractivity contribution >= 4 is 17.9 Å². The van der Waals surface area contributed by atoms with Gasteiger partial charge < -0.3 is 5.32 Å². The normalized spacial score (nSPS) is 22.7. The minimum absolute atomic E-state index is 0.109. The van der Waals surface area contributed by atoms with Crippen molar-refractivity contribution < 1.29 is 0 Å². The van der Waals surface area contributed by atoms with Crippen molar-refractivity contribution in [1.29, 1.82) is 0 Å². The van der Waals surface area contributed by atoms with Crippen LogP contribution in [0.1, 0.15) is 33.3 Å². The van der Waals surface area contributed by atoms with Crippen LogP contribution in [-0.2, 0) is 5.41 Å². The fraction of sp³-hybridized carbons (Fsp3) is 0.375. The molecule has 21 heavy (non-hydrogen) atoms. The molecule has 0 bridgehead atoms. The van der Waals surface area contributed by atoms with Gasteiger partial charge in [0, 0.05) is 11.8 Å². The van der Waals surface area contributed by atoms with E-state index >= 15 is 0 Å². The van der Waals surface area contributed by atoms with Crippen LogP contribution < -0.4 is 10.7 Å². The van der Waals surface area contributed by atoms with E-state index < -0.39 is 0 Å². The number of rotatable bonds is 1. The van der Waals surface area contributed by atoms with Crippen LogP contribution in [0.4, 0.5) is 5.69 Å². The smallest absolute Gasteiger partial charge is 0.217 e. The number of hydrogen-bond donors (Lipinski definition) is 2. The lowest BCUT2D eigenvalue weighted by Gasteiger charge is -2.30. The molecule has 0 aromatic heterocycles. The number of aliphatic imine (C=N–C) groups is 2. The summed E-state index contributed by atoms with van der Waals surface area (Å²) >= 11 is 0. The van der Waals surface area contributed by atoms with Gasteiger partial charge in [-0.1, -0.05) is 32.9 Å².